The molecule has 1 rings (SSSR count). The molecule has 0 fully saturated rings. The van der Waals surface area contributed by atoms with Crippen LogP contribution in [0.1, 0.15) is 11.3 Å². The van der Waals surface area contributed by atoms with E-state index in [9.17, 15) is 4.79 Å². The first-order valence-electron chi connectivity index (χ1n) is 2.84. The lowest BCUT2D eigenvalue weighted by Crippen LogP contribution is -2.05. The average molecular weight is 134 g/mol. The van der Waals surface area contributed by atoms with Crippen LogP contribution in [0.4, 0.5) is 0 Å². The summed E-state index contributed by atoms with van der Waals surface area (Å²) in [4.78, 5) is 13.0. The fraction of sp³-hybridized carbons (Fsp3) is 0.143. The fourth-order valence-electron chi connectivity index (χ4n) is 0.664. The predicted molar refractivity (Wildman–Crippen MR) is 36.5 cm³/mol. The zero-order chi connectivity index (χ0) is 7.56. The van der Waals surface area contributed by atoms with Crippen LogP contribution in [0.25, 0.3) is 0 Å². The summed E-state index contributed by atoms with van der Waals surface area (Å²) >= 11 is 0. The van der Waals surface area contributed by atoms with Crippen molar-refractivity contribution >= 4 is 0 Å². The smallest absolute Gasteiger partial charge is 0.248 e. The number of aromatic amines is 1. The molecule has 0 spiro atoms. The van der Waals surface area contributed by atoms with Crippen molar-refractivity contribution in [2.75, 3.05) is 0 Å². The minimum absolute atomic E-state index is 0.234. The molecule has 1 heterocycles. The van der Waals surface area contributed by atoms with Gasteiger partial charge in [-0.15, -0.1) is 0 Å². The first-order chi connectivity index (χ1) is 4.74. The summed E-state index contributed by atoms with van der Waals surface area (Å²) in [6.45, 7) is 1.77. The third-order valence-electron chi connectivity index (χ3n) is 1.24. The molecule has 0 radical (unpaired) electrons. The monoisotopic (exact) mass is 134 g/mol. The van der Waals surface area contributed by atoms with Crippen LogP contribution in [-0.4, -0.2) is 4.98 Å². The standard InChI is InChI=1S/C7H6N2O/c1-5-2-3-7(10)9-6(5)4-8/h2-3H,1H3,(H,9,10). The van der Waals surface area contributed by atoms with E-state index in [1.165, 1.54) is 6.07 Å². The number of rotatable bonds is 0. The molecule has 0 aliphatic rings. The molecule has 0 atom stereocenters. The summed E-state index contributed by atoms with van der Waals surface area (Å²) in [5, 5.41) is 8.42. The van der Waals surface area contributed by atoms with Crippen molar-refractivity contribution in [3.05, 3.63) is 33.7 Å². The van der Waals surface area contributed by atoms with Gasteiger partial charge in [0.2, 0.25) is 5.56 Å². The molecule has 10 heavy (non-hydrogen) atoms. The van der Waals surface area contributed by atoms with Crippen molar-refractivity contribution in [1.29, 1.82) is 5.26 Å². The van der Waals surface area contributed by atoms with Crippen LogP contribution in [0.5, 0.6) is 0 Å². The Morgan fingerprint density at radius 3 is 2.80 bits per heavy atom. The third kappa shape index (κ3) is 1.06. The zero-order valence-corrected chi connectivity index (χ0v) is 5.51. The molecule has 1 aromatic heterocycles. The number of hydrogen-bond acceptors (Lipinski definition) is 2. The number of hydrogen-bond donors (Lipinski definition) is 1. The van der Waals surface area contributed by atoms with Gasteiger partial charge in [0.15, 0.2) is 0 Å². The van der Waals surface area contributed by atoms with Crippen molar-refractivity contribution in [3.8, 4) is 6.07 Å². The molecule has 0 aliphatic carbocycles. The summed E-state index contributed by atoms with van der Waals surface area (Å²) < 4.78 is 0. The largest absolute Gasteiger partial charge is 0.313 e. The van der Waals surface area contributed by atoms with E-state index < -0.39 is 0 Å². The summed E-state index contributed by atoms with van der Waals surface area (Å²) in [6, 6.07) is 4.90. The summed E-state index contributed by atoms with van der Waals surface area (Å²) in [6.07, 6.45) is 0. The fourth-order valence-corrected chi connectivity index (χ4v) is 0.664. The number of aromatic nitrogens is 1. The predicted octanol–water partition coefficient (Wildman–Crippen LogP) is 0.555. The van der Waals surface area contributed by atoms with Gasteiger partial charge < -0.3 is 4.98 Å². The Labute approximate surface area is 57.9 Å². The quantitative estimate of drug-likeness (QED) is 0.563. The van der Waals surface area contributed by atoms with E-state index in [1.807, 2.05) is 6.07 Å². The first kappa shape index (κ1) is 6.56. The maximum absolute atomic E-state index is 10.6. The number of H-pyrrole nitrogens is 1. The Hall–Kier alpha value is -1.56. The lowest BCUT2D eigenvalue weighted by molar-refractivity contribution is 1.15. The van der Waals surface area contributed by atoms with E-state index in [-0.39, 0.29) is 5.56 Å². The van der Waals surface area contributed by atoms with Gasteiger partial charge in [0, 0.05) is 6.07 Å². The van der Waals surface area contributed by atoms with Crippen LogP contribution in [-0.2, 0) is 0 Å². The molecular formula is C7H6N2O. The van der Waals surface area contributed by atoms with Crippen molar-refractivity contribution in [3.63, 3.8) is 0 Å². The molecule has 1 N–H and O–H groups in total. The number of nitrogens with zero attached hydrogens (tertiary/aromatic N) is 1. The topological polar surface area (TPSA) is 56.6 Å². The average Bonchev–Trinajstić information content (AvgIpc) is 1.94. The number of nitriles is 1. The van der Waals surface area contributed by atoms with E-state index in [0.717, 1.165) is 5.56 Å². The Morgan fingerprint density at radius 2 is 2.30 bits per heavy atom. The second kappa shape index (κ2) is 2.36. The van der Waals surface area contributed by atoms with E-state index in [2.05, 4.69) is 4.98 Å². The van der Waals surface area contributed by atoms with Gasteiger partial charge in [0.25, 0.3) is 0 Å². The second-order valence-corrected chi connectivity index (χ2v) is 1.99. The summed E-state index contributed by atoms with van der Waals surface area (Å²) in [7, 11) is 0. The van der Waals surface area contributed by atoms with E-state index >= 15 is 0 Å². The van der Waals surface area contributed by atoms with Gasteiger partial charge in [0.1, 0.15) is 11.8 Å². The van der Waals surface area contributed by atoms with Crippen LogP contribution in [0, 0.1) is 18.3 Å². The van der Waals surface area contributed by atoms with E-state index in [4.69, 9.17) is 5.26 Å². The number of pyridine rings is 1. The molecule has 0 aromatic carbocycles. The molecule has 0 amide bonds. The van der Waals surface area contributed by atoms with E-state index in [0.29, 0.717) is 5.69 Å². The maximum Gasteiger partial charge on any atom is 0.248 e. The first-order valence-corrected chi connectivity index (χ1v) is 2.84. The van der Waals surface area contributed by atoms with Crippen LogP contribution < -0.4 is 5.56 Å². The molecular weight excluding hydrogens is 128 g/mol. The molecule has 0 aliphatic heterocycles. The van der Waals surface area contributed by atoms with Gasteiger partial charge in [-0.3, -0.25) is 4.79 Å². The zero-order valence-electron chi connectivity index (χ0n) is 5.51. The van der Waals surface area contributed by atoms with Gasteiger partial charge in [-0.25, -0.2) is 0 Å². The summed E-state index contributed by atoms with van der Waals surface area (Å²) in [5.41, 5.74) is 0.900. The third-order valence-corrected chi connectivity index (χ3v) is 1.24. The molecule has 1 aromatic rings. The number of nitrogens with one attached hydrogen (secondary N) is 1. The van der Waals surface area contributed by atoms with Crippen LogP contribution in [0.3, 0.4) is 0 Å². The molecule has 50 valence electrons. The SMILES string of the molecule is Cc1ccc(=O)[nH]c1C#N. The van der Waals surface area contributed by atoms with Crippen LogP contribution >= 0.6 is 0 Å². The Bertz CT molecular complexity index is 332. The van der Waals surface area contributed by atoms with Gasteiger partial charge in [-0.2, -0.15) is 5.26 Å². The molecule has 0 saturated carbocycles. The van der Waals surface area contributed by atoms with Crippen LogP contribution in [0.2, 0.25) is 0 Å². The second-order valence-electron chi connectivity index (χ2n) is 1.99. The molecule has 0 saturated heterocycles. The Morgan fingerprint density at radius 1 is 1.60 bits per heavy atom. The Kier molecular flexibility index (Phi) is 1.55. The van der Waals surface area contributed by atoms with Crippen molar-refractivity contribution < 1.29 is 0 Å². The highest BCUT2D eigenvalue weighted by Gasteiger charge is 1.94. The van der Waals surface area contributed by atoms with Crippen molar-refractivity contribution in [2.24, 2.45) is 0 Å². The molecule has 3 nitrogen and oxygen atoms in total. The number of aryl methyl sites for hydroxylation is 1. The molecule has 0 bridgehead atoms. The van der Waals surface area contributed by atoms with E-state index in [1.54, 1.807) is 13.0 Å². The van der Waals surface area contributed by atoms with Crippen LogP contribution in [0.15, 0.2) is 16.9 Å². The summed E-state index contributed by atoms with van der Waals surface area (Å²) in [5.74, 6) is 0. The van der Waals surface area contributed by atoms with Gasteiger partial charge in [-0.1, -0.05) is 6.07 Å². The minimum atomic E-state index is -0.234. The lowest BCUT2D eigenvalue weighted by Gasteiger charge is -1.91. The minimum Gasteiger partial charge on any atom is -0.313 e. The van der Waals surface area contributed by atoms with Gasteiger partial charge >= 0.3 is 0 Å². The van der Waals surface area contributed by atoms with Crippen molar-refractivity contribution in [2.45, 2.75) is 6.92 Å². The molecule has 3 heteroatoms. The highest BCUT2D eigenvalue weighted by molar-refractivity contribution is 5.28. The maximum atomic E-state index is 10.6. The lowest BCUT2D eigenvalue weighted by atomic mass is 10.2. The Balaban J connectivity index is 3.40. The highest BCUT2D eigenvalue weighted by Crippen LogP contribution is 1.96. The van der Waals surface area contributed by atoms with Crippen molar-refractivity contribution in [1.82, 2.24) is 4.98 Å². The van der Waals surface area contributed by atoms with Gasteiger partial charge in [0.05, 0.1) is 0 Å². The van der Waals surface area contributed by atoms with Gasteiger partial charge in [-0.05, 0) is 12.5 Å². The highest BCUT2D eigenvalue weighted by atomic mass is 16.1. The normalized spacial score (nSPS) is 8.80. The molecule has 0 unspecified atom stereocenters.